The molecule has 0 heterocycles. The number of nitrogens with zero attached hydrogens (tertiary/aromatic N) is 1. The maximum Gasteiger partial charge on any atom is 0.243 e. The molecule has 0 aromatic heterocycles. The lowest BCUT2D eigenvalue weighted by Crippen LogP contribution is -2.38. The van der Waals surface area contributed by atoms with Crippen LogP contribution in [0.25, 0.3) is 0 Å². The van der Waals surface area contributed by atoms with E-state index < -0.39 is 26.0 Å². The molecule has 8 nitrogen and oxygen atoms in total. The molecule has 0 unspecified atom stereocenters. The van der Waals surface area contributed by atoms with E-state index in [4.69, 9.17) is 16.7 Å². The zero-order chi connectivity index (χ0) is 20.2. The summed E-state index contributed by atoms with van der Waals surface area (Å²) in [5.74, 6) is -0.509. The summed E-state index contributed by atoms with van der Waals surface area (Å²) in [5.41, 5.74) is 0.638. The Morgan fingerprint density at radius 2 is 1.52 bits per heavy atom. The predicted molar refractivity (Wildman–Crippen MR) is 101 cm³/mol. The number of benzene rings is 2. The summed E-state index contributed by atoms with van der Waals surface area (Å²) in [7, 11) is -6.31. The third kappa shape index (κ3) is 5.75. The monoisotopic (exact) mass is 431 g/mol. The number of primary sulfonamides is 1. The number of nitrogens with two attached hydrogens (primary N) is 1. The second-order valence-electron chi connectivity index (χ2n) is 5.68. The van der Waals surface area contributed by atoms with Gasteiger partial charge in [-0.3, -0.25) is 4.79 Å². The van der Waals surface area contributed by atoms with E-state index in [1.807, 2.05) is 0 Å². The van der Waals surface area contributed by atoms with Gasteiger partial charge in [0.25, 0.3) is 0 Å². The van der Waals surface area contributed by atoms with Gasteiger partial charge in [-0.15, -0.1) is 0 Å². The Morgan fingerprint density at radius 1 is 1.00 bits per heavy atom. The summed E-state index contributed by atoms with van der Waals surface area (Å²) in [4.78, 5) is 12.0. The Morgan fingerprint density at radius 3 is 2.04 bits per heavy atom. The van der Waals surface area contributed by atoms with Crippen LogP contribution in [-0.2, 0) is 31.4 Å². The lowest BCUT2D eigenvalue weighted by Gasteiger charge is -2.17. The summed E-state index contributed by atoms with van der Waals surface area (Å²) in [5, 5.41) is 7.99. The quantitative estimate of drug-likeness (QED) is 0.674. The molecule has 11 heteroatoms. The van der Waals surface area contributed by atoms with Crippen LogP contribution in [0.4, 0.5) is 0 Å². The van der Waals surface area contributed by atoms with Gasteiger partial charge in [0.05, 0.1) is 16.3 Å². The second-order valence-corrected chi connectivity index (χ2v) is 9.72. The number of halogens is 1. The molecular formula is C16H18ClN3O5S2. The third-order valence-corrected chi connectivity index (χ3v) is 6.63. The highest BCUT2D eigenvalue weighted by Crippen LogP contribution is 2.17. The molecule has 27 heavy (non-hydrogen) atoms. The van der Waals surface area contributed by atoms with Crippen LogP contribution in [0, 0.1) is 0 Å². The van der Waals surface area contributed by atoms with Crippen molar-refractivity contribution in [2.75, 3.05) is 13.6 Å². The van der Waals surface area contributed by atoms with Gasteiger partial charge in [-0.25, -0.2) is 22.0 Å². The van der Waals surface area contributed by atoms with Crippen LogP contribution in [0.3, 0.4) is 0 Å². The Balaban J connectivity index is 1.96. The lowest BCUT2D eigenvalue weighted by molar-refractivity contribution is -0.121. The molecule has 1 amide bonds. The van der Waals surface area contributed by atoms with E-state index >= 15 is 0 Å². The van der Waals surface area contributed by atoms with E-state index in [0.29, 0.717) is 10.6 Å². The lowest BCUT2D eigenvalue weighted by atomic mass is 10.2. The van der Waals surface area contributed by atoms with E-state index in [1.165, 1.54) is 55.6 Å². The summed E-state index contributed by atoms with van der Waals surface area (Å²) in [6.45, 7) is -0.265. The van der Waals surface area contributed by atoms with Crippen molar-refractivity contribution in [3.05, 3.63) is 59.1 Å². The SMILES string of the molecule is CN(CC(=O)NCc1ccc(S(N)(=O)=O)cc1)S(=O)(=O)c1ccc(Cl)cc1. The smallest absolute Gasteiger partial charge is 0.243 e. The fraction of sp³-hybridized carbons (Fsp3) is 0.188. The van der Waals surface area contributed by atoms with Crippen molar-refractivity contribution in [1.29, 1.82) is 0 Å². The minimum absolute atomic E-state index is 0.0285. The summed E-state index contributed by atoms with van der Waals surface area (Å²) in [6, 6.07) is 11.3. The predicted octanol–water partition coefficient (Wildman–Crippen LogP) is 0.924. The van der Waals surface area contributed by atoms with Gasteiger partial charge in [-0.05, 0) is 42.0 Å². The molecule has 0 aliphatic carbocycles. The number of hydrogen-bond donors (Lipinski definition) is 2. The van der Waals surface area contributed by atoms with Crippen LogP contribution >= 0.6 is 11.6 Å². The number of likely N-dealkylation sites (N-methyl/N-ethyl adjacent to an activating group) is 1. The second kappa shape index (κ2) is 8.36. The number of amides is 1. The number of rotatable bonds is 7. The average Bonchev–Trinajstić information content (AvgIpc) is 2.60. The zero-order valence-electron chi connectivity index (χ0n) is 14.3. The topological polar surface area (TPSA) is 127 Å². The molecule has 0 saturated carbocycles. The van der Waals surface area contributed by atoms with Crippen molar-refractivity contribution in [2.45, 2.75) is 16.3 Å². The van der Waals surface area contributed by atoms with Gasteiger partial charge in [0.15, 0.2) is 0 Å². The van der Waals surface area contributed by atoms with Gasteiger partial charge >= 0.3 is 0 Å². The molecule has 0 aliphatic heterocycles. The van der Waals surface area contributed by atoms with Crippen molar-refractivity contribution < 1.29 is 21.6 Å². The first kappa shape index (κ1) is 21.3. The maximum absolute atomic E-state index is 12.4. The molecule has 0 radical (unpaired) electrons. The van der Waals surface area contributed by atoms with Crippen molar-refractivity contribution >= 4 is 37.6 Å². The highest BCUT2D eigenvalue weighted by molar-refractivity contribution is 7.89. The highest BCUT2D eigenvalue weighted by atomic mass is 35.5. The fourth-order valence-electron chi connectivity index (χ4n) is 2.13. The van der Waals surface area contributed by atoms with Crippen LogP contribution < -0.4 is 10.5 Å². The standard InChI is InChI=1S/C16H18ClN3O5S2/c1-20(27(24,25)15-8-4-13(17)5-9-15)11-16(21)19-10-12-2-6-14(7-3-12)26(18,22)23/h2-9H,10-11H2,1H3,(H,19,21)(H2,18,22,23). The van der Waals surface area contributed by atoms with Gasteiger partial charge in [0.1, 0.15) is 0 Å². The number of sulfonamides is 2. The van der Waals surface area contributed by atoms with Crippen molar-refractivity contribution in [3.63, 3.8) is 0 Å². The fourth-order valence-corrected chi connectivity index (χ4v) is 3.90. The van der Waals surface area contributed by atoms with Crippen LogP contribution in [-0.4, -0.2) is 40.6 Å². The van der Waals surface area contributed by atoms with Gasteiger partial charge < -0.3 is 5.32 Å². The van der Waals surface area contributed by atoms with E-state index in [2.05, 4.69) is 5.32 Å². The minimum atomic E-state index is -3.82. The zero-order valence-corrected chi connectivity index (χ0v) is 16.7. The van der Waals surface area contributed by atoms with E-state index in [9.17, 15) is 21.6 Å². The molecule has 0 bridgehead atoms. The first-order chi connectivity index (χ1) is 12.5. The highest BCUT2D eigenvalue weighted by Gasteiger charge is 2.22. The normalized spacial score (nSPS) is 12.1. The van der Waals surface area contributed by atoms with Crippen LogP contribution in [0.5, 0.6) is 0 Å². The molecule has 3 N–H and O–H groups in total. The number of carbonyl (C=O) groups is 1. The van der Waals surface area contributed by atoms with Gasteiger partial charge in [0, 0.05) is 18.6 Å². The molecule has 2 aromatic rings. The number of carbonyl (C=O) groups excluding carboxylic acids is 1. The first-order valence-electron chi connectivity index (χ1n) is 7.60. The molecule has 2 aromatic carbocycles. The number of hydrogen-bond acceptors (Lipinski definition) is 5. The number of nitrogens with one attached hydrogen (secondary N) is 1. The van der Waals surface area contributed by atoms with Crippen LogP contribution in [0.1, 0.15) is 5.56 Å². The summed E-state index contributed by atoms with van der Waals surface area (Å²) >= 11 is 5.75. The molecule has 0 fully saturated rings. The molecule has 0 spiro atoms. The molecule has 2 rings (SSSR count). The average molecular weight is 432 g/mol. The van der Waals surface area contributed by atoms with Crippen LogP contribution in [0.15, 0.2) is 58.3 Å². The maximum atomic E-state index is 12.4. The minimum Gasteiger partial charge on any atom is -0.351 e. The van der Waals surface area contributed by atoms with Gasteiger partial charge in [0.2, 0.25) is 26.0 Å². The van der Waals surface area contributed by atoms with Gasteiger partial charge in [-0.2, -0.15) is 4.31 Å². The molecule has 0 atom stereocenters. The largest absolute Gasteiger partial charge is 0.351 e. The first-order valence-corrected chi connectivity index (χ1v) is 11.0. The van der Waals surface area contributed by atoms with E-state index in [1.54, 1.807) is 0 Å². The third-order valence-electron chi connectivity index (χ3n) is 3.63. The Labute approximate surface area is 163 Å². The van der Waals surface area contributed by atoms with Crippen molar-refractivity contribution in [1.82, 2.24) is 9.62 Å². The van der Waals surface area contributed by atoms with Crippen LogP contribution in [0.2, 0.25) is 5.02 Å². The van der Waals surface area contributed by atoms with Gasteiger partial charge in [-0.1, -0.05) is 23.7 Å². The van der Waals surface area contributed by atoms with Crippen molar-refractivity contribution in [3.8, 4) is 0 Å². The Hall–Kier alpha value is -1.98. The Kier molecular flexibility index (Phi) is 6.60. The molecule has 0 aliphatic rings. The Bertz CT molecular complexity index is 1020. The molecule has 146 valence electrons. The van der Waals surface area contributed by atoms with E-state index in [0.717, 1.165) is 4.31 Å². The molecular weight excluding hydrogens is 414 g/mol. The van der Waals surface area contributed by atoms with Crippen molar-refractivity contribution in [2.24, 2.45) is 5.14 Å². The summed E-state index contributed by atoms with van der Waals surface area (Å²) < 4.78 is 48.2. The van der Waals surface area contributed by atoms with E-state index in [-0.39, 0.29) is 22.9 Å². The summed E-state index contributed by atoms with van der Waals surface area (Å²) in [6.07, 6.45) is 0. The molecule has 0 saturated heterocycles.